The van der Waals surface area contributed by atoms with Gasteiger partial charge < -0.3 is 10.1 Å². The van der Waals surface area contributed by atoms with Crippen molar-refractivity contribution in [3.05, 3.63) is 0 Å². The molecule has 0 aromatic heterocycles. The van der Waals surface area contributed by atoms with Crippen LogP contribution in [0.2, 0.25) is 0 Å². The number of piperazine rings is 1. The Morgan fingerprint density at radius 3 is 2.47 bits per heavy atom. The van der Waals surface area contributed by atoms with Gasteiger partial charge in [-0.2, -0.15) is 0 Å². The molecule has 1 N–H and O–H groups in total. The Hall–Kier alpha value is -0.120. The zero-order chi connectivity index (χ0) is 14.5. The molecule has 0 amide bonds. The van der Waals surface area contributed by atoms with Crippen LogP contribution in [0.25, 0.3) is 0 Å². The summed E-state index contributed by atoms with van der Waals surface area (Å²) in [7, 11) is 1.83. The lowest BCUT2D eigenvalue weighted by molar-refractivity contribution is 0.0101. The Morgan fingerprint density at radius 1 is 1.32 bits per heavy atom. The number of hydrogen-bond acceptors (Lipinski definition) is 3. The predicted octanol–water partition coefficient (Wildman–Crippen LogP) is 2.90. The van der Waals surface area contributed by atoms with Gasteiger partial charge in [0.25, 0.3) is 0 Å². The van der Waals surface area contributed by atoms with Crippen LogP contribution in [0.15, 0.2) is 0 Å². The third-order valence-electron chi connectivity index (χ3n) is 4.43. The van der Waals surface area contributed by atoms with E-state index in [1.54, 1.807) is 0 Å². The fourth-order valence-corrected chi connectivity index (χ4v) is 3.10. The molecule has 1 aliphatic rings. The first-order valence-electron chi connectivity index (χ1n) is 7.92. The minimum absolute atomic E-state index is 0.320. The molecule has 3 unspecified atom stereocenters. The first-order valence-corrected chi connectivity index (χ1v) is 7.92. The van der Waals surface area contributed by atoms with Gasteiger partial charge in [0.2, 0.25) is 0 Å². The average molecular weight is 270 g/mol. The zero-order valence-electron chi connectivity index (χ0n) is 13.8. The van der Waals surface area contributed by atoms with Gasteiger partial charge in [0.1, 0.15) is 0 Å². The monoisotopic (exact) mass is 270 g/mol. The Kier molecular flexibility index (Phi) is 6.78. The first kappa shape index (κ1) is 16.9. The van der Waals surface area contributed by atoms with Crippen LogP contribution in [-0.2, 0) is 4.74 Å². The zero-order valence-corrected chi connectivity index (χ0v) is 13.8. The lowest BCUT2D eigenvalue weighted by Gasteiger charge is -2.48. The summed E-state index contributed by atoms with van der Waals surface area (Å²) in [6.07, 6.45) is 3.68. The van der Waals surface area contributed by atoms with Crippen molar-refractivity contribution >= 4 is 0 Å². The smallest absolute Gasteiger partial charge is 0.0618 e. The normalized spacial score (nSPS) is 27.5. The largest absolute Gasteiger partial charge is 0.383 e. The van der Waals surface area contributed by atoms with E-state index < -0.39 is 0 Å². The molecule has 0 bridgehead atoms. The molecule has 0 aliphatic carbocycles. The molecular weight excluding hydrogens is 236 g/mol. The van der Waals surface area contributed by atoms with E-state index in [9.17, 15) is 0 Å². The molecule has 0 saturated carbocycles. The van der Waals surface area contributed by atoms with Crippen molar-refractivity contribution in [2.45, 2.75) is 72.0 Å². The highest BCUT2D eigenvalue weighted by molar-refractivity contribution is 4.94. The first-order chi connectivity index (χ1) is 8.93. The SMILES string of the molecule is CCCC(COC)N1CC(C(C)(C)C)NCC1CC. The molecule has 3 atom stereocenters. The maximum absolute atomic E-state index is 5.46. The molecule has 1 fully saturated rings. The van der Waals surface area contributed by atoms with Crippen LogP contribution in [0.1, 0.15) is 53.9 Å². The number of ether oxygens (including phenoxy) is 1. The third-order valence-corrected chi connectivity index (χ3v) is 4.43. The number of hydrogen-bond donors (Lipinski definition) is 1. The Labute approximate surface area is 120 Å². The fourth-order valence-electron chi connectivity index (χ4n) is 3.10. The van der Waals surface area contributed by atoms with Crippen LogP contribution in [0.5, 0.6) is 0 Å². The molecule has 1 heterocycles. The molecule has 0 aromatic rings. The Bertz CT molecular complexity index is 244. The maximum Gasteiger partial charge on any atom is 0.0618 e. The summed E-state index contributed by atoms with van der Waals surface area (Å²) in [6, 6.07) is 1.81. The maximum atomic E-state index is 5.46. The molecule has 19 heavy (non-hydrogen) atoms. The van der Waals surface area contributed by atoms with Crippen LogP contribution in [0.3, 0.4) is 0 Å². The lowest BCUT2D eigenvalue weighted by Crippen LogP contribution is -2.63. The molecule has 1 saturated heterocycles. The van der Waals surface area contributed by atoms with E-state index in [0.29, 0.717) is 23.5 Å². The second-order valence-electron chi connectivity index (χ2n) is 6.98. The van der Waals surface area contributed by atoms with Gasteiger partial charge in [0, 0.05) is 38.3 Å². The highest BCUT2D eigenvalue weighted by Crippen LogP contribution is 2.26. The second kappa shape index (κ2) is 7.61. The summed E-state index contributed by atoms with van der Waals surface area (Å²) in [5, 5.41) is 3.75. The van der Waals surface area contributed by atoms with E-state index >= 15 is 0 Å². The van der Waals surface area contributed by atoms with Crippen molar-refractivity contribution in [2.75, 3.05) is 26.8 Å². The predicted molar refractivity (Wildman–Crippen MR) is 82.6 cm³/mol. The van der Waals surface area contributed by atoms with Gasteiger partial charge in [-0.3, -0.25) is 4.90 Å². The van der Waals surface area contributed by atoms with E-state index in [-0.39, 0.29) is 0 Å². The quantitative estimate of drug-likeness (QED) is 0.803. The highest BCUT2D eigenvalue weighted by atomic mass is 16.5. The summed E-state index contributed by atoms with van der Waals surface area (Å²) in [4.78, 5) is 2.71. The van der Waals surface area contributed by atoms with Crippen LogP contribution < -0.4 is 5.32 Å². The Balaban J connectivity index is 2.77. The minimum Gasteiger partial charge on any atom is -0.383 e. The molecule has 3 nitrogen and oxygen atoms in total. The highest BCUT2D eigenvalue weighted by Gasteiger charge is 2.36. The number of nitrogens with one attached hydrogen (secondary N) is 1. The van der Waals surface area contributed by atoms with Gasteiger partial charge in [-0.15, -0.1) is 0 Å². The second-order valence-corrected chi connectivity index (χ2v) is 6.98. The van der Waals surface area contributed by atoms with Gasteiger partial charge >= 0.3 is 0 Å². The summed E-state index contributed by atoms with van der Waals surface area (Å²) in [6.45, 7) is 14.7. The summed E-state index contributed by atoms with van der Waals surface area (Å²) < 4.78 is 5.46. The van der Waals surface area contributed by atoms with Crippen molar-refractivity contribution < 1.29 is 4.74 Å². The lowest BCUT2D eigenvalue weighted by atomic mass is 9.84. The van der Waals surface area contributed by atoms with Crippen LogP contribution in [-0.4, -0.2) is 49.8 Å². The van der Waals surface area contributed by atoms with E-state index in [1.165, 1.54) is 19.3 Å². The van der Waals surface area contributed by atoms with Gasteiger partial charge in [-0.05, 0) is 18.3 Å². The molecule has 0 aromatic carbocycles. The fraction of sp³-hybridized carbons (Fsp3) is 1.00. The van der Waals surface area contributed by atoms with Crippen molar-refractivity contribution in [1.29, 1.82) is 0 Å². The van der Waals surface area contributed by atoms with E-state index in [2.05, 4.69) is 44.8 Å². The van der Waals surface area contributed by atoms with Crippen molar-refractivity contribution in [1.82, 2.24) is 10.2 Å². The summed E-state index contributed by atoms with van der Waals surface area (Å²) in [5.74, 6) is 0. The van der Waals surface area contributed by atoms with Crippen LogP contribution in [0, 0.1) is 5.41 Å². The molecule has 114 valence electrons. The molecule has 1 aliphatic heterocycles. The third kappa shape index (κ3) is 4.73. The summed E-state index contributed by atoms with van der Waals surface area (Å²) >= 11 is 0. The average Bonchev–Trinajstić information content (AvgIpc) is 2.36. The molecule has 3 heteroatoms. The number of nitrogens with zero attached hydrogens (tertiary/aromatic N) is 1. The topological polar surface area (TPSA) is 24.5 Å². The van der Waals surface area contributed by atoms with Gasteiger partial charge in [-0.1, -0.05) is 41.0 Å². The molecule has 0 radical (unpaired) electrons. The molecular formula is C16H34N2O. The summed E-state index contributed by atoms with van der Waals surface area (Å²) in [5.41, 5.74) is 0.320. The van der Waals surface area contributed by atoms with Gasteiger partial charge in [0.15, 0.2) is 0 Å². The van der Waals surface area contributed by atoms with Crippen molar-refractivity contribution in [3.8, 4) is 0 Å². The van der Waals surface area contributed by atoms with Crippen LogP contribution >= 0.6 is 0 Å². The van der Waals surface area contributed by atoms with Gasteiger partial charge in [0.05, 0.1) is 6.61 Å². The van der Waals surface area contributed by atoms with E-state index in [0.717, 1.165) is 19.7 Å². The van der Waals surface area contributed by atoms with Crippen molar-refractivity contribution in [3.63, 3.8) is 0 Å². The minimum atomic E-state index is 0.320. The van der Waals surface area contributed by atoms with Crippen LogP contribution in [0.4, 0.5) is 0 Å². The Morgan fingerprint density at radius 2 is 2.00 bits per heavy atom. The standard InChI is InChI=1S/C16H34N2O/c1-7-9-14(12-19-6)18-11-15(16(3,4)5)17-10-13(18)8-2/h13-15,17H,7-12H2,1-6H3. The molecule has 1 rings (SSSR count). The molecule has 0 spiro atoms. The van der Waals surface area contributed by atoms with Gasteiger partial charge in [-0.25, -0.2) is 0 Å². The number of rotatable bonds is 6. The van der Waals surface area contributed by atoms with Crippen molar-refractivity contribution in [2.24, 2.45) is 5.41 Å². The van der Waals surface area contributed by atoms with E-state index in [1.807, 2.05) is 7.11 Å². The van der Waals surface area contributed by atoms with E-state index in [4.69, 9.17) is 4.74 Å². The number of methoxy groups -OCH3 is 1.